The second-order valence-corrected chi connectivity index (χ2v) is 7.55. The Balaban J connectivity index is 1.65. The largest absolute Gasteiger partial charge is 0.365 e. The van der Waals surface area contributed by atoms with Crippen molar-refractivity contribution in [2.75, 3.05) is 18.0 Å². The molecule has 1 aliphatic rings. The van der Waals surface area contributed by atoms with Crippen LogP contribution in [-0.2, 0) is 0 Å². The highest BCUT2D eigenvalue weighted by Gasteiger charge is 2.28. The molecule has 3 aromatic rings. The fourth-order valence-corrected chi connectivity index (χ4v) is 4.51. The summed E-state index contributed by atoms with van der Waals surface area (Å²) in [6.07, 6.45) is 3.08. The Morgan fingerprint density at radius 2 is 2.19 bits per heavy atom. The number of pyridine rings is 1. The summed E-state index contributed by atoms with van der Waals surface area (Å²) >= 11 is 1.68. The molecule has 0 bridgehead atoms. The Kier molecular flexibility index (Phi) is 4.44. The molecule has 1 atom stereocenters. The highest BCUT2D eigenvalue weighted by atomic mass is 32.1. The van der Waals surface area contributed by atoms with Crippen molar-refractivity contribution >= 4 is 39.0 Å². The number of para-hydroxylation sites is 1. The molecule has 3 heterocycles. The van der Waals surface area contributed by atoms with Crippen LogP contribution in [0.5, 0.6) is 0 Å². The maximum Gasteiger partial charge on any atom is 0.288 e. The smallest absolute Gasteiger partial charge is 0.288 e. The molecule has 138 valence electrons. The molecule has 1 fully saturated rings. The van der Waals surface area contributed by atoms with Gasteiger partial charge in [0.25, 0.3) is 11.6 Å². The van der Waals surface area contributed by atoms with E-state index in [1.54, 1.807) is 11.3 Å². The van der Waals surface area contributed by atoms with Gasteiger partial charge in [-0.3, -0.25) is 14.9 Å². The fraction of sp³-hybridized carbons (Fsp3) is 0.278. The lowest BCUT2D eigenvalue weighted by Gasteiger charge is -2.33. The minimum absolute atomic E-state index is 0.0779. The van der Waals surface area contributed by atoms with Gasteiger partial charge in [0.05, 0.1) is 25.7 Å². The molecule has 27 heavy (non-hydrogen) atoms. The van der Waals surface area contributed by atoms with Gasteiger partial charge < -0.3 is 10.6 Å². The van der Waals surface area contributed by atoms with Crippen LogP contribution >= 0.6 is 11.3 Å². The molecule has 9 heteroatoms. The average molecular weight is 383 g/mol. The molecule has 0 saturated carbocycles. The number of rotatable bonds is 4. The highest BCUT2D eigenvalue weighted by Crippen LogP contribution is 2.35. The SMILES string of the molecule is NC(=O)c1cc([N+](=O)[O-])cnc1N1CCC[C@@H](c2nc3ccccc3s2)C1. The minimum atomic E-state index is -0.719. The van der Waals surface area contributed by atoms with Crippen LogP contribution in [0.4, 0.5) is 11.5 Å². The molecule has 0 unspecified atom stereocenters. The quantitative estimate of drug-likeness (QED) is 0.547. The van der Waals surface area contributed by atoms with Gasteiger partial charge in [-0.05, 0) is 25.0 Å². The molecule has 1 aromatic carbocycles. The van der Waals surface area contributed by atoms with E-state index in [4.69, 9.17) is 10.7 Å². The van der Waals surface area contributed by atoms with Crippen LogP contribution in [0, 0.1) is 10.1 Å². The van der Waals surface area contributed by atoms with Gasteiger partial charge in [-0.1, -0.05) is 12.1 Å². The van der Waals surface area contributed by atoms with Gasteiger partial charge in [-0.15, -0.1) is 11.3 Å². The summed E-state index contributed by atoms with van der Waals surface area (Å²) in [4.78, 5) is 33.1. The molecule has 1 saturated heterocycles. The van der Waals surface area contributed by atoms with Gasteiger partial charge in [0.15, 0.2) is 0 Å². The first-order valence-electron chi connectivity index (χ1n) is 8.57. The monoisotopic (exact) mass is 383 g/mol. The third-order valence-corrected chi connectivity index (χ3v) is 5.91. The van der Waals surface area contributed by atoms with E-state index in [1.165, 1.54) is 12.3 Å². The first-order chi connectivity index (χ1) is 13.0. The number of primary amides is 1. The Morgan fingerprint density at radius 3 is 2.93 bits per heavy atom. The summed E-state index contributed by atoms with van der Waals surface area (Å²) in [5, 5.41) is 12.0. The molecule has 8 nitrogen and oxygen atoms in total. The second-order valence-electron chi connectivity index (χ2n) is 6.49. The lowest BCUT2D eigenvalue weighted by atomic mass is 9.98. The number of nitro groups is 1. The summed E-state index contributed by atoms with van der Waals surface area (Å²) in [6, 6.07) is 9.22. The molecule has 0 aliphatic carbocycles. The number of carbonyl (C=O) groups is 1. The number of aromatic nitrogens is 2. The van der Waals surface area contributed by atoms with Crippen LogP contribution in [0.25, 0.3) is 10.2 Å². The number of hydrogen-bond donors (Lipinski definition) is 1. The topological polar surface area (TPSA) is 115 Å². The van der Waals surface area contributed by atoms with Crippen molar-refractivity contribution in [2.45, 2.75) is 18.8 Å². The highest BCUT2D eigenvalue weighted by molar-refractivity contribution is 7.18. The van der Waals surface area contributed by atoms with E-state index in [-0.39, 0.29) is 17.2 Å². The lowest BCUT2D eigenvalue weighted by Crippen LogP contribution is -2.36. The average Bonchev–Trinajstić information content (AvgIpc) is 3.12. The van der Waals surface area contributed by atoms with Crippen molar-refractivity contribution in [1.29, 1.82) is 0 Å². The minimum Gasteiger partial charge on any atom is -0.365 e. The van der Waals surface area contributed by atoms with Crippen LogP contribution in [0.1, 0.15) is 34.1 Å². The lowest BCUT2D eigenvalue weighted by molar-refractivity contribution is -0.385. The number of nitrogens with zero attached hydrogens (tertiary/aromatic N) is 4. The van der Waals surface area contributed by atoms with E-state index in [9.17, 15) is 14.9 Å². The summed E-state index contributed by atoms with van der Waals surface area (Å²) in [5.74, 6) is -0.101. The van der Waals surface area contributed by atoms with Gasteiger partial charge in [-0.25, -0.2) is 9.97 Å². The summed E-state index contributed by atoms with van der Waals surface area (Å²) < 4.78 is 1.15. The first-order valence-corrected chi connectivity index (χ1v) is 9.39. The number of anilines is 1. The van der Waals surface area contributed by atoms with Crippen molar-refractivity contribution in [3.63, 3.8) is 0 Å². The molecule has 2 aromatic heterocycles. The van der Waals surface area contributed by atoms with Gasteiger partial charge in [0.2, 0.25) is 0 Å². The zero-order chi connectivity index (χ0) is 19.0. The van der Waals surface area contributed by atoms with E-state index in [0.717, 1.165) is 28.1 Å². The standard InChI is InChI=1S/C18H17N5O3S/c19-16(24)13-8-12(23(25)26)9-20-17(13)22-7-3-4-11(10-22)18-21-14-5-1-2-6-15(14)27-18/h1-2,5-6,8-9,11H,3-4,7,10H2,(H2,19,24)/t11-/m1/s1. The predicted octanol–water partition coefficient (Wildman–Crippen LogP) is 3.08. The van der Waals surface area contributed by atoms with Crippen LogP contribution in [-0.4, -0.2) is 33.9 Å². The molecule has 0 radical (unpaired) electrons. The second kappa shape index (κ2) is 6.92. The van der Waals surface area contributed by atoms with Crippen molar-refractivity contribution < 1.29 is 9.72 Å². The van der Waals surface area contributed by atoms with E-state index in [0.29, 0.717) is 18.9 Å². The maximum atomic E-state index is 11.8. The zero-order valence-corrected chi connectivity index (χ0v) is 15.2. The predicted molar refractivity (Wildman–Crippen MR) is 103 cm³/mol. The van der Waals surface area contributed by atoms with Gasteiger partial charge in [0.1, 0.15) is 12.0 Å². The fourth-order valence-electron chi connectivity index (χ4n) is 3.42. The summed E-state index contributed by atoms with van der Waals surface area (Å²) in [5.41, 5.74) is 6.27. The number of thiazole rings is 1. The third-order valence-electron chi connectivity index (χ3n) is 4.71. The number of hydrogen-bond acceptors (Lipinski definition) is 7. The van der Waals surface area contributed by atoms with E-state index >= 15 is 0 Å². The van der Waals surface area contributed by atoms with Gasteiger partial charge >= 0.3 is 0 Å². The van der Waals surface area contributed by atoms with Crippen LogP contribution in [0.15, 0.2) is 36.5 Å². The Morgan fingerprint density at radius 1 is 1.37 bits per heavy atom. The normalized spacial score (nSPS) is 17.2. The van der Waals surface area contributed by atoms with E-state index < -0.39 is 10.8 Å². The van der Waals surface area contributed by atoms with Crippen molar-refractivity contribution in [1.82, 2.24) is 9.97 Å². The van der Waals surface area contributed by atoms with E-state index in [2.05, 4.69) is 11.1 Å². The first kappa shape index (κ1) is 17.3. The number of nitrogens with two attached hydrogens (primary N) is 1. The molecule has 1 aliphatic heterocycles. The van der Waals surface area contributed by atoms with Gasteiger partial charge in [-0.2, -0.15) is 0 Å². The third kappa shape index (κ3) is 3.33. The Bertz CT molecular complexity index is 1000. The Labute approximate surface area is 158 Å². The molecular weight excluding hydrogens is 366 g/mol. The maximum absolute atomic E-state index is 11.8. The molecule has 4 rings (SSSR count). The number of fused-ring (bicyclic) bond motifs is 1. The molecule has 1 amide bonds. The van der Waals surface area contributed by atoms with Crippen molar-refractivity contribution in [3.8, 4) is 0 Å². The van der Waals surface area contributed by atoms with Crippen molar-refractivity contribution in [2.24, 2.45) is 5.73 Å². The van der Waals surface area contributed by atoms with E-state index in [1.807, 2.05) is 23.1 Å². The van der Waals surface area contributed by atoms with Crippen molar-refractivity contribution in [3.05, 3.63) is 57.2 Å². The van der Waals surface area contributed by atoms with Crippen LogP contribution in [0.3, 0.4) is 0 Å². The Hall–Kier alpha value is -3.07. The van der Waals surface area contributed by atoms with Crippen LogP contribution in [0.2, 0.25) is 0 Å². The molecular formula is C18H17N5O3S. The summed E-state index contributed by atoms with van der Waals surface area (Å²) in [7, 11) is 0. The summed E-state index contributed by atoms with van der Waals surface area (Å²) in [6.45, 7) is 1.36. The molecule has 0 spiro atoms. The number of amides is 1. The van der Waals surface area contributed by atoms with Crippen LogP contribution < -0.4 is 10.6 Å². The van der Waals surface area contributed by atoms with Gasteiger partial charge in [0, 0.05) is 25.1 Å². The number of piperidine rings is 1. The molecule has 2 N–H and O–H groups in total. The zero-order valence-electron chi connectivity index (χ0n) is 14.4. The number of benzene rings is 1. The number of carbonyl (C=O) groups excluding carboxylic acids is 1.